The summed E-state index contributed by atoms with van der Waals surface area (Å²) in [6.07, 6.45) is 0. The lowest BCUT2D eigenvalue weighted by molar-refractivity contribution is 0.102. The van der Waals surface area contributed by atoms with Gasteiger partial charge in [0, 0.05) is 10.9 Å². The molecule has 0 spiro atoms. The van der Waals surface area contributed by atoms with Gasteiger partial charge in [-0.3, -0.25) is 9.48 Å². The monoisotopic (exact) mass is 501 g/mol. The van der Waals surface area contributed by atoms with Gasteiger partial charge in [-0.05, 0) is 74.9 Å². The molecule has 0 aliphatic heterocycles. The van der Waals surface area contributed by atoms with Gasteiger partial charge in [0.25, 0.3) is 5.91 Å². The molecule has 5 aromatic rings. The Bertz CT molecular complexity index is 1660. The van der Waals surface area contributed by atoms with E-state index in [1.807, 2.05) is 92.2 Å². The van der Waals surface area contributed by atoms with Crippen molar-refractivity contribution in [2.24, 2.45) is 0 Å². The van der Waals surface area contributed by atoms with Crippen molar-refractivity contribution < 1.29 is 9.53 Å². The van der Waals surface area contributed by atoms with E-state index in [4.69, 9.17) is 15.0 Å². The number of carbonyl (C=O) groups excluding carboxylic acids is 1. The smallest absolute Gasteiger partial charge is 0.256 e. The van der Waals surface area contributed by atoms with Crippen LogP contribution in [0, 0.1) is 25.2 Å². The number of aromatic nitrogens is 3. The summed E-state index contributed by atoms with van der Waals surface area (Å²) in [7, 11) is 0. The van der Waals surface area contributed by atoms with E-state index >= 15 is 0 Å². The molecule has 0 aliphatic carbocycles. The van der Waals surface area contributed by atoms with Crippen LogP contribution in [0.2, 0.25) is 0 Å². The molecule has 3 aromatic carbocycles. The molecule has 0 fully saturated rings. The average molecular weight is 502 g/mol. The Morgan fingerprint density at radius 1 is 1.03 bits per heavy atom. The minimum absolute atomic E-state index is 0.222. The third kappa shape index (κ3) is 4.97. The lowest BCUT2D eigenvalue weighted by Crippen LogP contribution is -2.14. The van der Waals surface area contributed by atoms with E-state index in [1.54, 1.807) is 12.1 Å². The number of ether oxygens (including phenoxy) is 1. The molecule has 188 valence electrons. The van der Waals surface area contributed by atoms with Crippen molar-refractivity contribution in [3.05, 3.63) is 107 Å². The summed E-state index contributed by atoms with van der Waals surface area (Å²) in [5.41, 5.74) is 6.80. The summed E-state index contributed by atoms with van der Waals surface area (Å²) in [6.45, 7) is 6.90. The number of aryl methyl sites for hydroxylation is 1. The topological polar surface area (TPSA) is 92.8 Å². The number of para-hydroxylation sites is 1. The van der Waals surface area contributed by atoms with Gasteiger partial charge in [-0.25, -0.2) is 4.98 Å². The largest absolute Gasteiger partial charge is 0.494 e. The predicted molar refractivity (Wildman–Crippen MR) is 148 cm³/mol. The summed E-state index contributed by atoms with van der Waals surface area (Å²) in [5.74, 6) is 0.568. The number of carbonyl (C=O) groups is 1. The predicted octanol–water partition coefficient (Wildman–Crippen LogP) is 6.29. The molecule has 1 N–H and O–H groups in total. The quantitative estimate of drug-likeness (QED) is 0.283. The van der Waals surface area contributed by atoms with Crippen molar-refractivity contribution in [3.63, 3.8) is 0 Å². The van der Waals surface area contributed by atoms with Crippen LogP contribution in [0.3, 0.4) is 0 Å². The Hall–Kier alpha value is -4.96. The summed E-state index contributed by atoms with van der Waals surface area (Å²) in [6, 6.07) is 26.7. The number of hydrogen-bond donors (Lipinski definition) is 1. The van der Waals surface area contributed by atoms with Gasteiger partial charge < -0.3 is 10.1 Å². The number of nitrogens with zero attached hydrogens (tertiary/aromatic N) is 4. The van der Waals surface area contributed by atoms with Crippen LogP contribution in [0.1, 0.15) is 39.8 Å². The third-order valence-corrected chi connectivity index (χ3v) is 6.46. The van der Waals surface area contributed by atoms with Gasteiger partial charge in [-0.2, -0.15) is 10.4 Å². The number of hydrogen-bond acceptors (Lipinski definition) is 5. The molecular formula is C31H27N5O2. The van der Waals surface area contributed by atoms with Crippen molar-refractivity contribution in [2.45, 2.75) is 27.3 Å². The summed E-state index contributed by atoms with van der Waals surface area (Å²) < 4.78 is 7.43. The highest BCUT2D eigenvalue weighted by molar-refractivity contribution is 6.13. The zero-order valence-electron chi connectivity index (χ0n) is 21.5. The highest BCUT2D eigenvalue weighted by Gasteiger charge is 2.19. The number of anilines is 1. The molecule has 0 unspecified atom stereocenters. The number of nitrogens with one attached hydrogen (secondary N) is 1. The molecule has 38 heavy (non-hydrogen) atoms. The number of fused-ring (bicyclic) bond motifs is 1. The Morgan fingerprint density at radius 3 is 2.47 bits per heavy atom. The van der Waals surface area contributed by atoms with Crippen LogP contribution in [-0.4, -0.2) is 27.3 Å². The Kier molecular flexibility index (Phi) is 6.88. The maximum Gasteiger partial charge on any atom is 0.256 e. The summed E-state index contributed by atoms with van der Waals surface area (Å²) in [4.78, 5) is 18.5. The van der Waals surface area contributed by atoms with E-state index in [-0.39, 0.29) is 5.91 Å². The second-order valence-electron chi connectivity index (χ2n) is 9.00. The molecule has 7 nitrogen and oxygen atoms in total. The van der Waals surface area contributed by atoms with E-state index in [0.717, 1.165) is 39.2 Å². The van der Waals surface area contributed by atoms with Gasteiger partial charge in [0.2, 0.25) is 0 Å². The Morgan fingerprint density at radius 2 is 1.76 bits per heavy atom. The van der Waals surface area contributed by atoms with Crippen LogP contribution in [0.15, 0.2) is 78.9 Å². The first kappa shape index (κ1) is 24.7. The van der Waals surface area contributed by atoms with Crippen LogP contribution >= 0.6 is 0 Å². The Balaban J connectivity index is 1.46. The lowest BCUT2D eigenvalue weighted by Gasteiger charge is -2.12. The van der Waals surface area contributed by atoms with Crippen LogP contribution < -0.4 is 10.1 Å². The minimum Gasteiger partial charge on any atom is -0.494 e. The van der Waals surface area contributed by atoms with Gasteiger partial charge in [-0.1, -0.05) is 30.3 Å². The maximum atomic E-state index is 13.7. The standard InChI is InChI=1S/C31H27N5O2/c1-4-38-25-15-13-24(14-16-25)29-17-27(26-7-5-6-8-28(26)33-29)31(37)34-30-20(2)35-36(21(30)3)19-23-11-9-22(18-32)10-12-23/h5-17H,4,19H2,1-3H3,(H,34,37). The first-order valence-corrected chi connectivity index (χ1v) is 12.4. The summed E-state index contributed by atoms with van der Waals surface area (Å²) in [5, 5.41) is 17.6. The zero-order chi connectivity index (χ0) is 26.6. The van der Waals surface area contributed by atoms with Crippen molar-refractivity contribution in [2.75, 3.05) is 11.9 Å². The van der Waals surface area contributed by atoms with Gasteiger partial charge in [0.15, 0.2) is 0 Å². The second kappa shape index (κ2) is 10.6. The number of amides is 1. The number of nitriles is 1. The number of benzene rings is 3. The van der Waals surface area contributed by atoms with Crippen LogP contribution in [-0.2, 0) is 6.54 Å². The van der Waals surface area contributed by atoms with E-state index in [2.05, 4.69) is 16.5 Å². The molecule has 0 bridgehead atoms. The first-order chi connectivity index (χ1) is 18.5. The first-order valence-electron chi connectivity index (χ1n) is 12.4. The second-order valence-corrected chi connectivity index (χ2v) is 9.00. The maximum absolute atomic E-state index is 13.7. The average Bonchev–Trinajstić information content (AvgIpc) is 3.20. The molecule has 2 aromatic heterocycles. The molecule has 7 heteroatoms. The summed E-state index contributed by atoms with van der Waals surface area (Å²) >= 11 is 0. The fourth-order valence-corrected chi connectivity index (χ4v) is 4.47. The molecule has 5 rings (SSSR count). The van der Waals surface area contributed by atoms with Crippen molar-refractivity contribution >= 4 is 22.5 Å². The molecule has 1 amide bonds. The van der Waals surface area contributed by atoms with Crippen LogP contribution in [0.25, 0.3) is 22.2 Å². The molecule has 0 aliphatic rings. The molecule has 0 saturated heterocycles. The number of pyridine rings is 1. The fraction of sp³-hybridized carbons (Fsp3) is 0.161. The van der Waals surface area contributed by atoms with Crippen molar-refractivity contribution in [1.29, 1.82) is 5.26 Å². The third-order valence-electron chi connectivity index (χ3n) is 6.46. The minimum atomic E-state index is -0.222. The highest BCUT2D eigenvalue weighted by Crippen LogP contribution is 2.28. The molecular weight excluding hydrogens is 474 g/mol. The van der Waals surface area contributed by atoms with Crippen LogP contribution in [0.4, 0.5) is 5.69 Å². The van der Waals surface area contributed by atoms with E-state index in [0.29, 0.717) is 35.7 Å². The van der Waals surface area contributed by atoms with E-state index in [9.17, 15) is 4.79 Å². The van der Waals surface area contributed by atoms with Crippen molar-refractivity contribution in [3.8, 4) is 23.1 Å². The van der Waals surface area contributed by atoms with Gasteiger partial charge in [0.1, 0.15) is 5.75 Å². The fourth-order valence-electron chi connectivity index (χ4n) is 4.47. The Labute approximate surface area is 221 Å². The number of rotatable bonds is 7. The molecule has 0 saturated carbocycles. The molecule has 0 atom stereocenters. The van der Waals surface area contributed by atoms with Crippen LogP contribution in [0.5, 0.6) is 5.75 Å². The van der Waals surface area contributed by atoms with Gasteiger partial charge in [-0.15, -0.1) is 0 Å². The zero-order valence-corrected chi connectivity index (χ0v) is 21.5. The van der Waals surface area contributed by atoms with E-state index < -0.39 is 0 Å². The highest BCUT2D eigenvalue weighted by atomic mass is 16.5. The van der Waals surface area contributed by atoms with Crippen molar-refractivity contribution in [1.82, 2.24) is 14.8 Å². The molecule has 0 radical (unpaired) electrons. The SMILES string of the molecule is CCOc1ccc(-c2cc(C(=O)Nc3c(C)nn(Cc4ccc(C#N)cc4)c3C)c3ccccc3n2)cc1. The van der Waals surface area contributed by atoms with E-state index in [1.165, 1.54) is 0 Å². The molecule has 2 heterocycles. The normalized spacial score (nSPS) is 10.8. The van der Waals surface area contributed by atoms with Gasteiger partial charge in [0.05, 0.1) is 58.6 Å². The van der Waals surface area contributed by atoms with Gasteiger partial charge >= 0.3 is 0 Å². The lowest BCUT2D eigenvalue weighted by atomic mass is 10.0.